The van der Waals surface area contributed by atoms with Gasteiger partial charge in [-0.25, -0.2) is 0 Å². The summed E-state index contributed by atoms with van der Waals surface area (Å²) < 4.78 is 5.47. The van der Waals surface area contributed by atoms with Crippen LogP contribution in [0.3, 0.4) is 0 Å². The zero-order valence-corrected chi connectivity index (χ0v) is 19.9. The van der Waals surface area contributed by atoms with E-state index in [0.717, 1.165) is 43.4 Å². The Morgan fingerprint density at radius 3 is 1.97 bits per heavy atom. The lowest BCUT2D eigenvalue weighted by atomic mass is 9.62. The van der Waals surface area contributed by atoms with Gasteiger partial charge in [0.25, 0.3) is 0 Å². The largest absolute Gasteiger partial charge is 0.465 e. The molecule has 2 atom stereocenters. The third-order valence-corrected chi connectivity index (χ3v) is 9.13. The molecule has 0 aromatic carbocycles. The normalized spacial score (nSPS) is 37.7. The zero-order chi connectivity index (χ0) is 21.6. The predicted octanol–water partition coefficient (Wildman–Crippen LogP) is 7.12. The number of carbonyl (C=O) groups excluding carboxylic acids is 2. The van der Waals surface area contributed by atoms with E-state index in [-0.39, 0.29) is 11.8 Å². The topological polar surface area (TPSA) is 43.4 Å². The fourth-order valence-corrected chi connectivity index (χ4v) is 6.63. The molecule has 0 bridgehead atoms. The highest BCUT2D eigenvalue weighted by atomic mass is 16.5. The minimum absolute atomic E-state index is 0.138. The molecule has 3 heteroatoms. The van der Waals surface area contributed by atoms with E-state index in [0.29, 0.717) is 31.3 Å². The summed E-state index contributed by atoms with van der Waals surface area (Å²) >= 11 is 0. The first-order valence-electron chi connectivity index (χ1n) is 13.2. The third kappa shape index (κ3) is 5.68. The summed E-state index contributed by atoms with van der Waals surface area (Å²) in [5, 5.41) is 0. The van der Waals surface area contributed by atoms with Crippen LogP contribution in [0.2, 0.25) is 0 Å². The molecule has 30 heavy (non-hydrogen) atoms. The Hall–Kier alpha value is -0.860. The second-order valence-corrected chi connectivity index (χ2v) is 11.0. The van der Waals surface area contributed by atoms with Crippen molar-refractivity contribution in [3.8, 4) is 0 Å². The lowest BCUT2D eigenvalue weighted by Crippen LogP contribution is -2.44. The van der Waals surface area contributed by atoms with Gasteiger partial charge in [0.05, 0.1) is 6.61 Å². The minimum atomic E-state index is -0.891. The molecule has 0 radical (unpaired) electrons. The predicted molar refractivity (Wildman–Crippen MR) is 122 cm³/mol. The number of carbonyl (C=O) groups is 2. The molecular formula is C27H46O3. The van der Waals surface area contributed by atoms with Crippen LogP contribution in [-0.2, 0) is 14.3 Å². The number of ether oxygens (including phenoxy) is 1. The molecule has 0 saturated heterocycles. The first kappa shape index (κ1) is 23.8. The zero-order valence-electron chi connectivity index (χ0n) is 19.9. The lowest BCUT2D eigenvalue weighted by molar-refractivity contribution is -0.162. The van der Waals surface area contributed by atoms with E-state index in [9.17, 15) is 9.59 Å². The van der Waals surface area contributed by atoms with Crippen LogP contribution in [0.4, 0.5) is 0 Å². The van der Waals surface area contributed by atoms with E-state index >= 15 is 0 Å². The summed E-state index contributed by atoms with van der Waals surface area (Å²) in [6, 6.07) is 0. The Bertz CT molecular complexity index is 554. The van der Waals surface area contributed by atoms with E-state index in [1.54, 1.807) is 0 Å². The number of hydrogen-bond acceptors (Lipinski definition) is 3. The smallest absolute Gasteiger partial charge is 0.319 e. The molecule has 0 amide bonds. The summed E-state index contributed by atoms with van der Waals surface area (Å²) in [4.78, 5) is 25.6. The molecule has 3 rings (SSSR count). The summed E-state index contributed by atoms with van der Waals surface area (Å²) in [5.41, 5.74) is -0.891. The molecule has 1 unspecified atom stereocenters. The maximum atomic E-state index is 13.0. The van der Waals surface area contributed by atoms with Crippen LogP contribution in [0.25, 0.3) is 0 Å². The van der Waals surface area contributed by atoms with Crippen molar-refractivity contribution in [3.05, 3.63) is 0 Å². The first-order valence-corrected chi connectivity index (χ1v) is 13.2. The molecular weight excluding hydrogens is 372 g/mol. The highest BCUT2D eigenvalue weighted by Gasteiger charge is 2.47. The van der Waals surface area contributed by atoms with Gasteiger partial charge < -0.3 is 4.74 Å². The van der Waals surface area contributed by atoms with E-state index in [1.807, 2.05) is 6.92 Å². The number of ketones is 1. The molecule has 0 aromatic heterocycles. The molecule has 3 nitrogen and oxygen atoms in total. The lowest BCUT2D eigenvalue weighted by Gasteiger charge is -2.42. The molecule has 3 fully saturated rings. The third-order valence-electron chi connectivity index (χ3n) is 9.13. The van der Waals surface area contributed by atoms with Gasteiger partial charge in [0, 0.05) is 6.42 Å². The van der Waals surface area contributed by atoms with E-state index in [4.69, 9.17) is 4.74 Å². The van der Waals surface area contributed by atoms with Crippen molar-refractivity contribution < 1.29 is 14.3 Å². The molecule has 0 spiro atoms. The van der Waals surface area contributed by atoms with E-state index in [1.165, 1.54) is 57.8 Å². The fraction of sp³-hybridized carbons (Fsp3) is 0.926. The van der Waals surface area contributed by atoms with Gasteiger partial charge in [-0.15, -0.1) is 0 Å². The second kappa shape index (κ2) is 11.1. The van der Waals surface area contributed by atoms with Crippen LogP contribution in [-0.4, -0.2) is 18.4 Å². The number of hydrogen-bond donors (Lipinski definition) is 0. The van der Waals surface area contributed by atoms with Crippen LogP contribution in [0.15, 0.2) is 0 Å². The summed E-state index contributed by atoms with van der Waals surface area (Å²) in [5.74, 6) is 3.94. The average Bonchev–Trinajstić information content (AvgIpc) is 2.78. The van der Waals surface area contributed by atoms with Gasteiger partial charge in [0.1, 0.15) is 11.2 Å². The van der Waals surface area contributed by atoms with E-state index in [2.05, 4.69) is 13.8 Å². The van der Waals surface area contributed by atoms with Crippen molar-refractivity contribution >= 4 is 11.8 Å². The molecule has 0 N–H and O–H groups in total. The summed E-state index contributed by atoms with van der Waals surface area (Å²) in [6.45, 7) is 6.78. The summed E-state index contributed by atoms with van der Waals surface area (Å²) in [6.07, 6.45) is 17.9. The molecule has 3 saturated carbocycles. The standard InChI is InChI=1S/C27H46O3/c1-4-6-7-18-30-26(29)27(3)17-16-24(19-25(27)28)23-14-12-22(13-15-23)21-10-8-20(5-2)9-11-21/h20-24H,4-19H2,1-3H3/t20-,21-,22?,23?,24?,27-/m0/s1. The van der Waals surface area contributed by atoms with Crippen molar-refractivity contribution in [2.75, 3.05) is 6.61 Å². The molecule has 3 aliphatic carbocycles. The quantitative estimate of drug-likeness (QED) is 0.239. The highest BCUT2D eigenvalue weighted by Crippen LogP contribution is 2.47. The van der Waals surface area contributed by atoms with Gasteiger partial charge in [-0.2, -0.15) is 0 Å². The Kier molecular flexibility index (Phi) is 8.83. The highest BCUT2D eigenvalue weighted by molar-refractivity contribution is 6.04. The van der Waals surface area contributed by atoms with Crippen molar-refractivity contribution in [3.63, 3.8) is 0 Å². The van der Waals surface area contributed by atoms with Gasteiger partial charge in [-0.3, -0.25) is 9.59 Å². The number of rotatable bonds is 8. The van der Waals surface area contributed by atoms with Crippen molar-refractivity contribution in [1.82, 2.24) is 0 Å². The van der Waals surface area contributed by atoms with E-state index < -0.39 is 5.41 Å². The van der Waals surface area contributed by atoms with Gasteiger partial charge in [0.2, 0.25) is 0 Å². The SMILES string of the molecule is CCCCCOC(=O)[C@@]1(C)CCC(C2CCC([C@H]3CC[C@H](CC)CC3)CC2)CC1=O. The Labute approximate surface area is 185 Å². The molecule has 3 aliphatic rings. The fourth-order valence-electron chi connectivity index (χ4n) is 6.63. The van der Waals surface area contributed by atoms with Crippen molar-refractivity contribution in [1.29, 1.82) is 0 Å². The maximum Gasteiger partial charge on any atom is 0.319 e. The number of unbranched alkanes of at least 4 members (excludes halogenated alkanes) is 2. The number of esters is 1. The Morgan fingerprint density at radius 1 is 0.867 bits per heavy atom. The maximum absolute atomic E-state index is 13.0. The monoisotopic (exact) mass is 418 g/mol. The van der Waals surface area contributed by atoms with Gasteiger partial charge in [-0.1, -0.05) is 46.0 Å². The van der Waals surface area contributed by atoms with Gasteiger partial charge in [0.15, 0.2) is 0 Å². The van der Waals surface area contributed by atoms with Gasteiger partial charge >= 0.3 is 5.97 Å². The Balaban J connectivity index is 1.42. The van der Waals surface area contributed by atoms with Crippen LogP contribution >= 0.6 is 0 Å². The summed E-state index contributed by atoms with van der Waals surface area (Å²) in [7, 11) is 0. The first-order chi connectivity index (χ1) is 14.5. The molecule has 0 heterocycles. The molecule has 0 aliphatic heterocycles. The second-order valence-electron chi connectivity index (χ2n) is 11.0. The van der Waals surface area contributed by atoms with Crippen LogP contribution < -0.4 is 0 Å². The van der Waals surface area contributed by atoms with Crippen LogP contribution in [0.1, 0.15) is 117 Å². The van der Waals surface area contributed by atoms with Crippen LogP contribution in [0.5, 0.6) is 0 Å². The van der Waals surface area contributed by atoms with Crippen LogP contribution in [0, 0.1) is 35.0 Å². The molecule has 172 valence electrons. The van der Waals surface area contributed by atoms with Crippen molar-refractivity contribution in [2.45, 2.75) is 117 Å². The number of Topliss-reactive ketones (excluding diaryl/α,β-unsaturated/α-hetero) is 1. The molecule has 0 aromatic rings. The Morgan fingerprint density at radius 2 is 1.43 bits per heavy atom. The minimum Gasteiger partial charge on any atom is -0.465 e. The van der Waals surface area contributed by atoms with Crippen molar-refractivity contribution in [2.24, 2.45) is 35.0 Å². The van der Waals surface area contributed by atoms with Gasteiger partial charge in [-0.05, 0) is 94.3 Å². The average molecular weight is 419 g/mol.